The lowest BCUT2D eigenvalue weighted by Gasteiger charge is -2.24. The molecule has 0 aliphatic carbocycles. The van der Waals surface area contributed by atoms with E-state index in [1.54, 1.807) is 50.4 Å². The second kappa shape index (κ2) is 16.3. The molecule has 0 fully saturated rings. The van der Waals surface area contributed by atoms with Crippen LogP contribution in [0.4, 0.5) is 22.1 Å². The molecule has 14 heteroatoms. The van der Waals surface area contributed by atoms with E-state index in [1.165, 1.54) is 9.80 Å². The van der Waals surface area contributed by atoms with Gasteiger partial charge in [-0.3, -0.25) is 14.9 Å². The van der Waals surface area contributed by atoms with Crippen molar-refractivity contribution in [2.45, 2.75) is 66.2 Å². The molecule has 1 aromatic heterocycles. The van der Waals surface area contributed by atoms with Crippen LogP contribution in [0.2, 0.25) is 0 Å². The zero-order chi connectivity index (χ0) is 33.9. The highest BCUT2D eigenvalue weighted by Gasteiger charge is 2.30. The van der Waals surface area contributed by atoms with Crippen molar-refractivity contribution in [2.75, 3.05) is 37.4 Å². The first-order valence-electron chi connectivity index (χ1n) is 14.9. The Balaban J connectivity index is 1.77. The Morgan fingerprint density at radius 2 is 1.54 bits per heavy atom. The molecule has 0 unspecified atom stereocenters. The zero-order valence-corrected chi connectivity index (χ0v) is 27.1. The smallest absolute Gasteiger partial charge is 0.410 e. The first-order chi connectivity index (χ1) is 21.8. The number of amides is 1. The number of ether oxygens (including phenoxy) is 4. The van der Waals surface area contributed by atoms with E-state index in [1.807, 2.05) is 39.8 Å². The summed E-state index contributed by atoms with van der Waals surface area (Å²) in [5.41, 5.74) is 6.45. The van der Waals surface area contributed by atoms with Crippen LogP contribution in [0.1, 0.15) is 58.6 Å². The number of esters is 1. The van der Waals surface area contributed by atoms with Gasteiger partial charge in [-0.1, -0.05) is 37.6 Å². The molecule has 0 saturated carbocycles. The Hall–Kier alpha value is -5.14. The number of unbranched alkanes of at least 4 members (excludes halogenated alkanes) is 1. The Morgan fingerprint density at radius 3 is 2.07 bits per heavy atom. The molecule has 14 nitrogen and oxygen atoms in total. The predicted octanol–water partition coefficient (Wildman–Crippen LogP) is 5.87. The highest BCUT2D eigenvalue weighted by Crippen LogP contribution is 2.34. The van der Waals surface area contributed by atoms with Crippen LogP contribution in [0.15, 0.2) is 48.5 Å². The van der Waals surface area contributed by atoms with E-state index < -0.39 is 28.3 Å². The molecular formula is C32H42N6O8. The second-order valence-corrected chi connectivity index (χ2v) is 11.4. The van der Waals surface area contributed by atoms with E-state index in [-0.39, 0.29) is 37.3 Å². The molecule has 0 aliphatic rings. The van der Waals surface area contributed by atoms with Gasteiger partial charge in [0.2, 0.25) is 11.6 Å². The van der Waals surface area contributed by atoms with Crippen molar-refractivity contribution >= 4 is 29.4 Å². The first-order valence-corrected chi connectivity index (χ1v) is 14.9. The molecule has 1 heterocycles. The van der Waals surface area contributed by atoms with Crippen molar-refractivity contribution in [1.29, 1.82) is 0 Å². The van der Waals surface area contributed by atoms with Crippen molar-refractivity contribution in [2.24, 2.45) is 0 Å². The van der Waals surface area contributed by atoms with Gasteiger partial charge >= 0.3 is 23.8 Å². The van der Waals surface area contributed by atoms with Crippen molar-refractivity contribution in [3.8, 4) is 17.5 Å². The summed E-state index contributed by atoms with van der Waals surface area (Å²) in [6, 6.07) is 14.2. The average molecular weight is 639 g/mol. The number of nitro groups is 1. The summed E-state index contributed by atoms with van der Waals surface area (Å²) in [6.07, 6.45) is 1.18. The van der Waals surface area contributed by atoms with Crippen molar-refractivity contribution in [1.82, 2.24) is 14.9 Å². The third-order valence-corrected chi connectivity index (χ3v) is 6.29. The van der Waals surface area contributed by atoms with Gasteiger partial charge in [0.1, 0.15) is 23.6 Å². The highest BCUT2D eigenvalue weighted by atomic mass is 16.6. The Labute approximate surface area is 268 Å². The summed E-state index contributed by atoms with van der Waals surface area (Å²) >= 11 is 0. The third-order valence-electron chi connectivity index (χ3n) is 6.29. The number of aromatic nitrogens is 2. The fraction of sp³-hybridized carbons (Fsp3) is 0.438. The molecule has 3 aromatic rings. The van der Waals surface area contributed by atoms with Crippen LogP contribution in [0, 0.1) is 10.1 Å². The number of nitrogens with zero attached hydrogens (tertiary/aromatic N) is 5. The number of hydrogen-bond acceptors (Lipinski definition) is 12. The van der Waals surface area contributed by atoms with Gasteiger partial charge in [0, 0.05) is 20.1 Å². The Bertz CT molecular complexity index is 1480. The molecule has 248 valence electrons. The van der Waals surface area contributed by atoms with Gasteiger partial charge in [-0.2, -0.15) is 9.97 Å². The summed E-state index contributed by atoms with van der Waals surface area (Å²) in [7, 11) is 1.67. The van der Waals surface area contributed by atoms with Gasteiger partial charge in [-0.15, -0.1) is 0 Å². The van der Waals surface area contributed by atoms with E-state index in [9.17, 15) is 19.7 Å². The number of nitrogens with two attached hydrogens (primary N) is 1. The van der Waals surface area contributed by atoms with Gasteiger partial charge in [-0.05, 0) is 69.5 Å². The quantitative estimate of drug-likeness (QED) is 0.0908. The lowest BCUT2D eigenvalue weighted by molar-refractivity contribution is -0.383. The monoisotopic (exact) mass is 638 g/mol. The number of rotatable bonds is 15. The molecule has 0 bridgehead atoms. The Morgan fingerprint density at radius 1 is 0.957 bits per heavy atom. The maximum atomic E-state index is 12.5. The van der Waals surface area contributed by atoms with Crippen LogP contribution >= 0.6 is 0 Å². The molecule has 3 rings (SSSR count). The summed E-state index contributed by atoms with van der Waals surface area (Å²) in [4.78, 5) is 47.2. The van der Waals surface area contributed by atoms with Gasteiger partial charge in [0.05, 0.1) is 18.1 Å². The molecule has 2 aromatic carbocycles. The maximum absolute atomic E-state index is 12.5. The third kappa shape index (κ3) is 10.8. The van der Waals surface area contributed by atoms with Crippen LogP contribution in [0.25, 0.3) is 0 Å². The fourth-order valence-electron chi connectivity index (χ4n) is 4.14. The molecule has 0 radical (unpaired) electrons. The lowest BCUT2D eigenvalue weighted by Crippen LogP contribution is -2.33. The molecule has 0 atom stereocenters. The van der Waals surface area contributed by atoms with Gasteiger partial charge < -0.3 is 34.5 Å². The van der Waals surface area contributed by atoms with Crippen LogP contribution in [-0.2, 0) is 27.4 Å². The van der Waals surface area contributed by atoms with E-state index in [4.69, 9.17) is 24.7 Å². The first kappa shape index (κ1) is 35.3. The van der Waals surface area contributed by atoms with Crippen molar-refractivity contribution < 1.29 is 33.5 Å². The van der Waals surface area contributed by atoms with E-state index in [2.05, 4.69) is 9.97 Å². The van der Waals surface area contributed by atoms with Crippen molar-refractivity contribution in [3.05, 3.63) is 69.8 Å². The molecule has 0 aliphatic heterocycles. The standard InChI is InChI=1S/C32H42N6O8/c1-7-9-18-44-30-34-28(33)27(38(41)42)29(35-30)37(21-26(39)43-8-2)20-23-12-16-25(17-13-23)45-24-14-10-22(11-15-24)19-36(6)31(40)46-32(3,4)5/h10-17H,7-9,18-21H2,1-6H3,(H2,33,34,35). The largest absolute Gasteiger partial charge is 0.465 e. The molecule has 1 amide bonds. The highest BCUT2D eigenvalue weighted by molar-refractivity contribution is 5.78. The molecule has 46 heavy (non-hydrogen) atoms. The minimum absolute atomic E-state index is 0.0602. The lowest BCUT2D eigenvalue weighted by atomic mass is 10.2. The molecular weight excluding hydrogens is 596 g/mol. The predicted molar refractivity (Wildman–Crippen MR) is 172 cm³/mol. The Kier molecular flexibility index (Phi) is 12.5. The molecule has 2 N–H and O–H groups in total. The number of nitrogen functional groups attached to an aromatic ring is 1. The number of carbonyl (C=O) groups excluding carboxylic acids is 2. The molecule has 0 saturated heterocycles. The maximum Gasteiger partial charge on any atom is 0.410 e. The molecule has 0 spiro atoms. The number of hydrogen-bond donors (Lipinski definition) is 1. The summed E-state index contributed by atoms with van der Waals surface area (Å²) < 4.78 is 22.1. The van der Waals surface area contributed by atoms with E-state index in [0.29, 0.717) is 30.2 Å². The summed E-state index contributed by atoms with van der Waals surface area (Å²) in [5.74, 6) is 0.00532. The average Bonchev–Trinajstić information content (AvgIpc) is 2.97. The minimum Gasteiger partial charge on any atom is -0.465 e. The van der Waals surface area contributed by atoms with Crippen molar-refractivity contribution in [3.63, 3.8) is 0 Å². The van der Waals surface area contributed by atoms with Gasteiger partial charge in [0.25, 0.3) is 0 Å². The van der Waals surface area contributed by atoms with E-state index >= 15 is 0 Å². The van der Waals surface area contributed by atoms with Crippen LogP contribution < -0.4 is 20.1 Å². The van der Waals surface area contributed by atoms with Gasteiger partial charge in [-0.25, -0.2) is 4.79 Å². The SMILES string of the molecule is CCCCOc1nc(N)c([N+](=O)[O-])c(N(CC(=O)OCC)Cc2ccc(Oc3ccc(CN(C)C(=O)OC(C)(C)C)cc3)cc2)n1. The minimum atomic E-state index is -0.684. The number of anilines is 2. The topological polar surface area (TPSA) is 172 Å². The normalized spacial score (nSPS) is 11.0. The number of carbonyl (C=O) groups is 2. The van der Waals surface area contributed by atoms with Gasteiger partial charge in [0.15, 0.2) is 0 Å². The number of benzene rings is 2. The fourth-order valence-corrected chi connectivity index (χ4v) is 4.14. The van der Waals surface area contributed by atoms with Crippen LogP contribution in [0.5, 0.6) is 17.5 Å². The summed E-state index contributed by atoms with van der Waals surface area (Å²) in [5, 5.41) is 12.0. The summed E-state index contributed by atoms with van der Waals surface area (Å²) in [6.45, 7) is 9.66. The van der Waals surface area contributed by atoms with Crippen LogP contribution in [-0.4, -0.2) is 64.3 Å². The second-order valence-electron chi connectivity index (χ2n) is 11.4. The van der Waals surface area contributed by atoms with Crippen LogP contribution in [0.3, 0.4) is 0 Å². The zero-order valence-electron chi connectivity index (χ0n) is 27.1. The van der Waals surface area contributed by atoms with E-state index in [0.717, 1.165) is 18.4 Å².